The number of hydrogen-bond acceptors (Lipinski definition) is 5. The number of amides is 1. The minimum Gasteiger partial charge on any atom is -0.466 e. The predicted octanol–water partition coefficient (Wildman–Crippen LogP) is 29.1. The van der Waals surface area contributed by atoms with Crippen LogP contribution in [0.5, 0.6) is 0 Å². The van der Waals surface area contributed by atoms with Crippen LogP contribution in [0, 0.1) is 0 Å². The fourth-order valence-corrected chi connectivity index (χ4v) is 13.7. The van der Waals surface area contributed by atoms with Crippen molar-refractivity contribution in [3.63, 3.8) is 0 Å². The highest BCUT2D eigenvalue weighted by Gasteiger charge is 2.18. The van der Waals surface area contributed by atoms with Crippen LogP contribution in [0.2, 0.25) is 0 Å². The summed E-state index contributed by atoms with van der Waals surface area (Å²) in [5.74, 6) is -0.0457. The highest BCUT2D eigenvalue weighted by atomic mass is 16.5. The molecule has 2 atom stereocenters. The predicted molar refractivity (Wildman–Crippen MR) is 421 cm³/mol. The summed E-state index contributed by atoms with van der Waals surface area (Å²) in [6, 6.07) is -0.627. The van der Waals surface area contributed by atoms with Gasteiger partial charge in [-0.15, -0.1) is 0 Å². The van der Waals surface area contributed by atoms with Gasteiger partial charge in [0.15, 0.2) is 0 Å². The first-order valence-corrected chi connectivity index (χ1v) is 43.4. The molecule has 0 spiro atoms. The molecule has 0 aromatic carbocycles. The first kappa shape index (κ1) is 92.8. The molecule has 0 aromatic rings. The molecule has 0 radical (unpaired) electrons. The minimum atomic E-state index is -0.844. The summed E-state index contributed by atoms with van der Waals surface area (Å²) < 4.78 is 5.51. The molecule has 0 aliphatic rings. The van der Waals surface area contributed by atoms with E-state index in [-0.39, 0.29) is 18.5 Å². The average molecular weight is 1330 g/mol. The summed E-state index contributed by atoms with van der Waals surface area (Å²) in [6.45, 7) is 4.94. The van der Waals surface area contributed by atoms with E-state index in [0.717, 1.165) is 51.4 Å². The Morgan fingerprint density at radius 3 is 0.821 bits per heavy atom. The van der Waals surface area contributed by atoms with Crippen molar-refractivity contribution < 1.29 is 24.5 Å². The quantitative estimate of drug-likeness (QED) is 0.0320. The lowest BCUT2D eigenvalue weighted by molar-refractivity contribution is -0.143. The van der Waals surface area contributed by atoms with Crippen molar-refractivity contribution in [2.24, 2.45) is 0 Å². The zero-order valence-electron chi connectivity index (χ0n) is 64.4. The number of ether oxygens (including phenoxy) is 1. The van der Waals surface area contributed by atoms with Crippen LogP contribution in [0.3, 0.4) is 0 Å². The second-order valence-electron chi connectivity index (χ2n) is 29.9. The number of rotatable bonds is 82. The summed E-state index contributed by atoms with van der Waals surface area (Å²) in [7, 11) is 0. The number of aliphatic hydroxyl groups excluding tert-OH is 2. The molecule has 0 bridgehead atoms. The Kier molecular flexibility index (Phi) is 82.3. The van der Waals surface area contributed by atoms with Gasteiger partial charge in [-0.25, -0.2) is 0 Å². The maximum atomic E-state index is 12.6. The summed E-state index contributed by atoms with van der Waals surface area (Å²) in [4.78, 5) is 24.7. The van der Waals surface area contributed by atoms with Gasteiger partial charge >= 0.3 is 5.97 Å². The van der Waals surface area contributed by atoms with Gasteiger partial charge in [-0.1, -0.05) is 428 Å². The van der Waals surface area contributed by atoms with E-state index in [1.807, 2.05) is 6.08 Å². The molecule has 0 saturated heterocycles. The van der Waals surface area contributed by atoms with E-state index in [2.05, 4.69) is 55.6 Å². The van der Waals surface area contributed by atoms with Crippen molar-refractivity contribution >= 4 is 11.9 Å². The standard InChI is InChI=1S/C89H169NO5/c1-3-5-7-9-11-13-15-17-19-21-23-24-25-37-40-43-46-49-53-57-61-65-69-73-77-81-87(92)86(85-91)90-88(93)82-78-74-70-66-62-58-54-50-47-44-41-38-35-33-31-29-27-26-28-30-32-34-36-39-42-45-48-52-56-60-64-68-72-76-80-84-95-89(94)83-79-75-71-67-63-59-55-51-22-20-18-16-14-12-10-8-6-4-2/h14,16,20,22,28,30,77,81,86-87,91-92H,3-13,15,17-19,21,23-27,29,31-76,78-80,82-85H2,1-2H3,(H,90,93)/b16-14-,22-20-,30-28-,81-77+. The summed E-state index contributed by atoms with van der Waals surface area (Å²) in [6.07, 6.45) is 113. The number of aliphatic hydroxyl groups is 2. The Labute approximate surface area is 595 Å². The van der Waals surface area contributed by atoms with E-state index in [0.29, 0.717) is 19.4 Å². The maximum absolute atomic E-state index is 12.6. The third-order valence-electron chi connectivity index (χ3n) is 20.3. The molecular weight excluding hydrogens is 1160 g/mol. The number of unbranched alkanes of at least 4 members (excludes halogenated alkanes) is 65. The molecular formula is C89H169NO5. The topological polar surface area (TPSA) is 95.9 Å². The van der Waals surface area contributed by atoms with E-state index in [9.17, 15) is 19.8 Å². The lowest BCUT2D eigenvalue weighted by atomic mass is 10.0. The fraction of sp³-hybridized carbons (Fsp3) is 0.888. The second kappa shape index (κ2) is 84.2. The fourth-order valence-electron chi connectivity index (χ4n) is 13.7. The SMILES string of the molecule is CCCCCC/C=C\C/C=C\CCCCCCCCCC(=O)OCCCCCCCCCCCCCCCC/C=C\CCCCCCCCCCCCCCCCCCCC(=O)NC(CO)C(O)/C=C/CCCCCCCCCCCCCCCCCCCCCCCCC. The number of esters is 1. The monoisotopic (exact) mass is 1330 g/mol. The van der Waals surface area contributed by atoms with Crippen LogP contribution in [0.15, 0.2) is 48.6 Å². The van der Waals surface area contributed by atoms with Gasteiger partial charge in [0.2, 0.25) is 5.91 Å². The van der Waals surface area contributed by atoms with Crippen LogP contribution in [-0.2, 0) is 14.3 Å². The van der Waals surface area contributed by atoms with Gasteiger partial charge in [0.1, 0.15) is 0 Å². The molecule has 560 valence electrons. The Bertz CT molecular complexity index is 1590. The molecule has 0 fully saturated rings. The van der Waals surface area contributed by atoms with Crippen molar-refractivity contribution in [3.8, 4) is 0 Å². The summed E-state index contributed by atoms with van der Waals surface area (Å²) >= 11 is 0. The number of carbonyl (C=O) groups is 2. The zero-order chi connectivity index (χ0) is 68.4. The van der Waals surface area contributed by atoms with Crippen molar-refractivity contribution in [3.05, 3.63) is 48.6 Å². The molecule has 3 N–H and O–H groups in total. The van der Waals surface area contributed by atoms with E-state index >= 15 is 0 Å². The first-order chi connectivity index (χ1) is 47.0. The third kappa shape index (κ3) is 80.7. The first-order valence-electron chi connectivity index (χ1n) is 43.4. The maximum Gasteiger partial charge on any atom is 0.305 e. The molecule has 0 heterocycles. The van der Waals surface area contributed by atoms with Gasteiger partial charge in [-0.2, -0.15) is 0 Å². The molecule has 95 heavy (non-hydrogen) atoms. The largest absolute Gasteiger partial charge is 0.466 e. The van der Waals surface area contributed by atoms with Crippen LogP contribution in [0.1, 0.15) is 483 Å². The van der Waals surface area contributed by atoms with Crippen molar-refractivity contribution in [2.45, 2.75) is 495 Å². The van der Waals surface area contributed by atoms with Gasteiger partial charge in [0.25, 0.3) is 0 Å². The summed E-state index contributed by atoms with van der Waals surface area (Å²) in [5, 5.41) is 23.3. The molecule has 0 aromatic heterocycles. The molecule has 0 aliphatic heterocycles. The molecule has 1 amide bonds. The Morgan fingerprint density at radius 1 is 0.295 bits per heavy atom. The van der Waals surface area contributed by atoms with Gasteiger partial charge in [0, 0.05) is 12.8 Å². The van der Waals surface area contributed by atoms with Crippen LogP contribution in [-0.4, -0.2) is 47.4 Å². The van der Waals surface area contributed by atoms with E-state index < -0.39 is 12.1 Å². The van der Waals surface area contributed by atoms with Crippen molar-refractivity contribution in [1.29, 1.82) is 0 Å². The Morgan fingerprint density at radius 2 is 0.526 bits per heavy atom. The third-order valence-corrected chi connectivity index (χ3v) is 20.3. The molecule has 6 heteroatoms. The number of hydrogen-bond donors (Lipinski definition) is 3. The number of allylic oxidation sites excluding steroid dienone is 7. The highest BCUT2D eigenvalue weighted by Crippen LogP contribution is 2.20. The van der Waals surface area contributed by atoms with Crippen molar-refractivity contribution in [2.75, 3.05) is 13.2 Å². The normalized spacial score (nSPS) is 12.7. The molecule has 0 saturated carbocycles. The number of carbonyl (C=O) groups excluding carboxylic acids is 2. The average Bonchev–Trinajstić information content (AvgIpc) is 3.31. The van der Waals surface area contributed by atoms with Gasteiger partial charge < -0.3 is 20.3 Å². The minimum absolute atomic E-state index is 0.0134. The number of nitrogens with one attached hydrogen (secondary N) is 1. The lowest BCUT2D eigenvalue weighted by Gasteiger charge is -2.20. The summed E-state index contributed by atoms with van der Waals surface area (Å²) in [5.41, 5.74) is 0. The van der Waals surface area contributed by atoms with Gasteiger partial charge in [-0.3, -0.25) is 9.59 Å². The van der Waals surface area contributed by atoms with Crippen LogP contribution in [0.4, 0.5) is 0 Å². The molecule has 2 unspecified atom stereocenters. The zero-order valence-corrected chi connectivity index (χ0v) is 64.4. The molecule has 6 nitrogen and oxygen atoms in total. The highest BCUT2D eigenvalue weighted by molar-refractivity contribution is 5.76. The Hall–Kier alpha value is -2.18. The molecule has 0 aliphatic carbocycles. The molecule has 0 rings (SSSR count). The van der Waals surface area contributed by atoms with Gasteiger partial charge in [-0.05, 0) is 89.9 Å². The van der Waals surface area contributed by atoms with Gasteiger partial charge in [0.05, 0.1) is 25.4 Å². The van der Waals surface area contributed by atoms with E-state index in [4.69, 9.17) is 4.74 Å². The second-order valence-corrected chi connectivity index (χ2v) is 29.9. The van der Waals surface area contributed by atoms with Crippen LogP contribution in [0.25, 0.3) is 0 Å². The van der Waals surface area contributed by atoms with Crippen molar-refractivity contribution in [1.82, 2.24) is 5.32 Å². The van der Waals surface area contributed by atoms with E-state index in [1.54, 1.807) is 6.08 Å². The smallest absolute Gasteiger partial charge is 0.305 e. The lowest BCUT2D eigenvalue weighted by Crippen LogP contribution is -2.45. The van der Waals surface area contributed by atoms with Crippen LogP contribution >= 0.6 is 0 Å². The van der Waals surface area contributed by atoms with E-state index in [1.165, 1.54) is 405 Å². The van der Waals surface area contributed by atoms with Crippen LogP contribution < -0.4 is 5.32 Å². The Balaban J connectivity index is 3.37.